The van der Waals surface area contributed by atoms with E-state index in [1.807, 2.05) is 38.1 Å². The molecule has 2 aromatic rings. The molecule has 0 aromatic heterocycles. The molecule has 0 aliphatic heterocycles. The van der Waals surface area contributed by atoms with E-state index in [1.165, 1.54) is 0 Å². The highest BCUT2D eigenvalue weighted by molar-refractivity contribution is 5.83. The van der Waals surface area contributed by atoms with E-state index in [0.29, 0.717) is 19.2 Å². The Labute approximate surface area is 200 Å². The summed E-state index contributed by atoms with van der Waals surface area (Å²) in [4.78, 5) is 47.9. The first kappa shape index (κ1) is 25.4. The second-order valence-electron chi connectivity index (χ2n) is 9.74. The molecule has 0 unspecified atom stereocenters. The van der Waals surface area contributed by atoms with Gasteiger partial charge < -0.3 is 0 Å². The van der Waals surface area contributed by atoms with Crippen LogP contribution in [0.4, 0.5) is 0 Å². The van der Waals surface area contributed by atoms with Crippen LogP contribution in [0.3, 0.4) is 0 Å². The van der Waals surface area contributed by atoms with Crippen LogP contribution in [-0.4, -0.2) is 47.2 Å². The number of hydrogen-bond acceptors (Lipinski definition) is 5. The average molecular weight is 468 g/mol. The van der Waals surface area contributed by atoms with Gasteiger partial charge in [0, 0.05) is 5.92 Å². The van der Waals surface area contributed by atoms with Crippen molar-refractivity contribution in [2.75, 3.05) is 6.61 Å². The summed E-state index contributed by atoms with van der Waals surface area (Å²) < 4.78 is 0. The Hall–Kier alpha value is -3.23. The van der Waals surface area contributed by atoms with Gasteiger partial charge >= 0.3 is 0 Å². The molecule has 0 saturated carbocycles. The molecular formula is C26H33N3O5. The van der Waals surface area contributed by atoms with Crippen LogP contribution in [0.25, 0.3) is 11.1 Å². The van der Waals surface area contributed by atoms with Gasteiger partial charge in [-0.2, -0.15) is 0 Å². The fourth-order valence-electron chi connectivity index (χ4n) is 4.12. The summed E-state index contributed by atoms with van der Waals surface area (Å²) in [6.07, 6.45) is 1.22. The first-order valence-corrected chi connectivity index (χ1v) is 11.4. The summed E-state index contributed by atoms with van der Waals surface area (Å²) in [5, 5.41) is 1.76. The molecule has 2 aromatic carbocycles. The van der Waals surface area contributed by atoms with Gasteiger partial charge in [-0.25, -0.2) is 15.3 Å². The Bertz CT molecular complexity index is 972. The van der Waals surface area contributed by atoms with Crippen LogP contribution in [0.1, 0.15) is 58.1 Å². The van der Waals surface area contributed by atoms with Gasteiger partial charge in [0.2, 0.25) is 6.41 Å². The summed E-state index contributed by atoms with van der Waals surface area (Å²) in [7, 11) is 0. The van der Waals surface area contributed by atoms with Crippen molar-refractivity contribution in [3.05, 3.63) is 59.7 Å². The fraction of sp³-hybridized carbons (Fsp3) is 0.423. The molecule has 8 heteroatoms. The van der Waals surface area contributed by atoms with Gasteiger partial charge in [-0.05, 0) is 55.4 Å². The molecule has 1 N–H and O–H groups in total. The van der Waals surface area contributed by atoms with Crippen molar-refractivity contribution in [2.45, 2.75) is 58.6 Å². The van der Waals surface area contributed by atoms with Gasteiger partial charge in [-0.15, -0.1) is 5.17 Å². The standard InChI is InChI=1S/C26H33N3O5/c1-18(2)14-24(25(32)27-29(17-31)34-26(3,4)5)28(16-30)33-15-23-21-12-8-6-10-19(21)20-11-7-9-13-22(20)23/h6-13,16-18,23-24H,14-15H2,1-5H3,(H,27,32)/t24-/m0/s1. The molecule has 8 nitrogen and oxygen atoms in total. The summed E-state index contributed by atoms with van der Waals surface area (Å²) in [5.41, 5.74) is 6.24. The quantitative estimate of drug-likeness (QED) is 0.401. The third-order valence-electron chi connectivity index (χ3n) is 5.45. The molecule has 0 bridgehead atoms. The van der Waals surface area contributed by atoms with Gasteiger partial charge in [-0.3, -0.25) is 19.2 Å². The van der Waals surface area contributed by atoms with Crippen molar-refractivity contribution in [3.63, 3.8) is 0 Å². The van der Waals surface area contributed by atoms with E-state index in [9.17, 15) is 14.4 Å². The molecule has 1 aliphatic carbocycles. The lowest BCUT2D eigenvalue weighted by atomic mass is 9.98. The minimum absolute atomic E-state index is 0.0756. The minimum Gasteiger partial charge on any atom is -0.276 e. The van der Waals surface area contributed by atoms with E-state index in [2.05, 4.69) is 29.7 Å². The van der Waals surface area contributed by atoms with Crippen molar-refractivity contribution < 1.29 is 24.1 Å². The van der Waals surface area contributed by atoms with Crippen LogP contribution in [0, 0.1) is 5.92 Å². The van der Waals surface area contributed by atoms with E-state index >= 15 is 0 Å². The van der Waals surface area contributed by atoms with Crippen LogP contribution < -0.4 is 5.43 Å². The highest BCUT2D eigenvalue weighted by Crippen LogP contribution is 2.44. The number of amides is 3. The van der Waals surface area contributed by atoms with Crippen molar-refractivity contribution in [1.82, 2.24) is 15.7 Å². The molecular weight excluding hydrogens is 434 g/mol. The number of hydrazine groups is 1. The Morgan fingerprint density at radius 2 is 1.56 bits per heavy atom. The molecule has 0 fully saturated rings. The zero-order chi connectivity index (χ0) is 24.9. The number of carbonyl (C=O) groups is 3. The number of rotatable bonds is 11. The number of hydroxylamine groups is 3. The number of fused-ring (bicyclic) bond motifs is 3. The van der Waals surface area contributed by atoms with E-state index < -0.39 is 17.6 Å². The number of hydrogen-bond donors (Lipinski definition) is 1. The Kier molecular flexibility index (Phi) is 8.06. The number of carbonyl (C=O) groups excluding carboxylic acids is 3. The third kappa shape index (κ3) is 6.01. The highest BCUT2D eigenvalue weighted by atomic mass is 16.7. The topological polar surface area (TPSA) is 88.2 Å². The second-order valence-corrected chi connectivity index (χ2v) is 9.74. The Morgan fingerprint density at radius 3 is 2.03 bits per heavy atom. The maximum Gasteiger partial charge on any atom is 0.265 e. The molecule has 182 valence electrons. The fourth-order valence-corrected chi connectivity index (χ4v) is 4.12. The van der Waals surface area contributed by atoms with Crippen molar-refractivity contribution in [1.29, 1.82) is 0 Å². The number of nitrogens with one attached hydrogen (secondary N) is 1. The van der Waals surface area contributed by atoms with E-state index in [0.717, 1.165) is 32.5 Å². The van der Waals surface area contributed by atoms with Crippen LogP contribution in [0.15, 0.2) is 48.5 Å². The first-order valence-electron chi connectivity index (χ1n) is 11.4. The summed E-state index contributed by atoms with van der Waals surface area (Å²) in [5.74, 6) is -0.569. The lowest BCUT2D eigenvalue weighted by Gasteiger charge is -2.31. The lowest BCUT2D eigenvalue weighted by molar-refractivity contribution is -0.241. The molecule has 0 heterocycles. The predicted molar refractivity (Wildman–Crippen MR) is 128 cm³/mol. The van der Waals surface area contributed by atoms with Gasteiger partial charge in [0.05, 0.1) is 12.2 Å². The summed E-state index contributed by atoms with van der Waals surface area (Å²) in [6.45, 7) is 9.31. The van der Waals surface area contributed by atoms with Crippen LogP contribution >= 0.6 is 0 Å². The maximum absolute atomic E-state index is 13.1. The minimum atomic E-state index is -0.949. The normalized spacial score (nSPS) is 13.7. The average Bonchev–Trinajstić information content (AvgIpc) is 3.11. The SMILES string of the molecule is CC(C)C[C@@H](C(=O)NN(C=O)OC(C)(C)C)N(C=O)OCC1c2ccccc2-c2ccccc21. The van der Waals surface area contributed by atoms with Crippen molar-refractivity contribution >= 4 is 18.7 Å². The number of benzene rings is 2. The predicted octanol–water partition coefficient (Wildman–Crippen LogP) is 3.82. The van der Waals surface area contributed by atoms with E-state index in [-0.39, 0.29) is 18.4 Å². The molecule has 0 radical (unpaired) electrons. The largest absolute Gasteiger partial charge is 0.276 e. The molecule has 3 amide bonds. The highest BCUT2D eigenvalue weighted by Gasteiger charge is 2.33. The molecule has 0 spiro atoms. The lowest BCUT2D eigenvalue weighted by Crippen LogP contribution is -2.53. The monoisotopic (exact) mass is 467 g/mol. The first-order chi connectivity index (χ1) is 16.1. The third-order valence-corrected chi connectivity index (χ3v) is 5.45. The van der Waals surface area contributed by atoms with Crippen LogP contribution in [-0.2, 0) is 24.1 Å². The van der Waals surface area contributed by atoms with E-state index in [4.69, 9.17) is 9.68 Å². The maximum atomic E-state index is 13.1. The number of nitrogens with zero attached hydrogens (tertiary/aromatic N) is 2. The van der Waals surface area contributed by atoms with E-state index in [1.54, 1.807) is 20.8 Å². The smallest absolute Gasteiger partial charge is 0.265 e. The molecule has 3 rings (SSSR count). The molecule has 1 aliphatic rings. The summed E-state index contributed by atoms with van der Waals surface area (Å²) in [6, 6.07) is 15.3. The Balaban J connectivity index is 1.78. The summed E-state index contributed by atoms with van der Waals surface area (Å²) >= 11 is 0. The molecule has 34 heavy (non-hydrogen) atoms. The molecule has 1 atom stereocenters. The van der Waals surface area contributed by atoms with Gasteiger partial charge in [0.15, 0.2) is 0 Å². The van der Waals surface area contributed by atoms with Crippen LogP contribution in [0.5, 0.6) is 0 Å². The van der Waals surface area contributed by atoms with Crippen molar-refractivity contribution in [2.24, 2.45) is 5.92 Å². The zero-order valence-corrected chi connectivity index (χ0v) is 20.4. The zero-order valence-electron chi connectivity index (χ0n) is 20.4. The van der Waals surface area contributed by atoms with Gasteiger partial charge in [-0.1, -0.05) is 62.4 Å². The van der Waals surface area contributed by atoms with Crippen LogP contribution in [0.2, 0.25) is 0 Å². The second kappa shape index (κ2) is 10.8. The molecule has 0 saturated heterocycles. The Morgan fingerprint density at radius 1 is 1.00 bits per heavy atom. The van der Waals surface area contributed by atoms with Gasteiger partial charge in [0.25, 0.3) is 12.3 Å². The van der Waals surface area contributed by atoms with Gasteiger partial charge in [0.1, 0.15) is 6.04 Å². The van der Waals surface area contributed by atoms with Crippen molar-refractivity contribution in [3.8, 4) is 11.1 Å².